The zero-order valence-electron chi connectivity index (χ0n) is 10.0. The zero-order chi connectivity index (χ0) is 12.3. The molecule has 0 bridgehead atoms. The van der Waals surface area contributed by atoms with E-state index in [1.807, 2.05) is 42.3 Å². The second kappa shape index (κ2) is 5.34. The normalized spacial score (nSPS) is 12.6. The molecule has 1 heterocycles. The van der Waals surface area contributed by atoms with E-state index in [9.17, 15) is 0 Å². The zero-order valence-corrected chi connectivity index (χ0v) is 10.8. The average molecular weight is 250 g/mol. The van der Waals surface area contributed by atoms with E-state index < -0.39 is 0 Å². The van der Waals surface area contributed by atoms with E-state index in [2.05, 4.69) is 23.4 Å². The predicted molar refractivity (Wildman–Crippen MR) is 70.2 cm³/mol. The number of halogens is 1. The Bertz CT molecular complexity index is 493. The summed E-state index contributed by atoms with van der Waals surface area (Å²) in [5.41, 5.74) is 2.31. The number of benzene rings is 1. The van der Waals surface area contributed by atoms with Crippen LogP contribution in [0.3, 0.4) is 0 Å². The summed E-state index contributed by atoms with van der Waals surface area (Å²) in [6, 6.07) is 8.07. The molecular weight excluding hydrogens is 234 g/mol. The quantitative estimate of drug-likeness (QED) is 0.903. The van der Waals surface area contributed by atoms with E-state index in [-0.39, 0.29) is 6.04 Å². The van der Waals surface area contributed by atoms with Gasteiger partial charge in [0, 0.05) is 23.8 Å². The minimum atomic E-state index is 0.146. The smallest absolute Gasteiger partial charge is 0.0608 e. The minimum absolute atomic E-state index is 0.146. The number of nitrogens with zero attached hydrogens (tertiary/aromatic N) is 2. The van der Waals surface area contributed by atoms with Gasteiger partial charge in [-0.2, -0.15) is 5.10 Å². The Morgan fingerprint density at radius 1 is 1.41 bits per heavy atom. The van der Waals surface area contributed by atoms with Crippen molar-refractivity contribution < 1.29 is 0 Å². The third-order valence-corrected chi connectivity index (χ3v) is 2.88. The largest absolute Gasteiger partial charge is 0.306 e. The topological polar surface area (TPSA) is 29.9 Å². The second-order valence-corrected chi connectivity index (χ2v) is 4.43. The van der Waals surface area contributed by atoms with Gasteiger partial charge < -0.3 is 5.32 Å². The van der Waals surface area contributed by atoms with E-state index in [4.69, 9.17) is 11.6 Å². The number of aromatic nitrogens is 2. The molecule has 1 N–H and O–H groups in total. The van der Waals surface area contributed by atoms with Gasteiger partial charge in [-0.05, 0) is 24.2 Å². The number of nitrogens with one attached hydrogen (secondary N) is 1. The SMILES string of the molecule is CCNC(c1cccc(Cl)c1)c1cnn(C)c1. The highest BCUT2D eigenvalue weighted by Gasteiger charge is 2.14. The fourth-order valence-corrected chi connectivity index (χ4v) is 2.11. The van der Waals surface area contributed by atoms with Crippen molar-refractivity contribution in [2.45, 2.75) is 13.0 Å². The van der Waals surface area contributed by atoms with Crippen molar-refractivity contribution in [2.75, 3.05) is 6.54 Å². The number of aryl methyl sites for hydroxylation is 1. The van der Waals surface area contributed by atoms with E-state index in [0.717, 1.165) is 22.7 Å². The number of hydrogen-bond acceptors (Lipinski definition) is 2. The summed E-state index contributed by atoms with van der Waals surface area (Å²) < 4.78 is 1.81. The molecular formula is C13H16ClN3. The molecule has 0 amide bonds. The third kappa shape index (κ3) is 2.87. The molecule has 1 aromatic carbocycles. The van der Waals surface area contributed by atoms with Crippen LogP contribution in [0.15, 0.2) is 36.7 Å². The van der Waals surface area contributed by atoms with Gasteiger partial charge in [-0.1, -0.05) is 30.7 Å². The molecule has 0 saturated carbocycles. The first-order chi connectivity index (χ1) is 8.20. The van der Waals surface area contributed by atoms with Gasteiger partial charge in [-0.15, -0.1) is 0 Å². The van der Waals surface area contributed by atoms with Crippen molar-refractivity contribution >= 4 is 11.6 Å². The van der Waals surface area contributed by atoms with Crippen LogP contribution in [-0.2, 0) is 7.05 Å². The molecule has 2 rings (SSSR count). The van der Waals surface area contributed by atoms with Crippen LogP contribution >= 0.6 is 11.6 Å². The molecule has 4 heteroatoms. The lowest BCUT2D eigenvalue weighted by Crippen LogP contribution is -2.21. The summed E-state index contributed by atoms with van der Waals surface area (Å²) in [7, 11) is 1.92. The summed E-state index contributed by atoms with van der Waals surface area (Å²) in [6.45, 7) is 2.99. The lowest BCUT2D eigenvalue weighted by molar-refractivity contribution is 0.630. The van der Waals surface area contributed by atoms with Gasteiger partial charge in [0.1, 0.15) is 0 Å². The molecule has 90 valence electrons. The van der Waals surface area contributed by atoms with Gasteiger partial charge in [0.05, 0.1) is 12.2 Å². The molecule has 2 aromatic rings. The molecule has 0 aliphatic carbocycles. The van der Waals surface area contributed by atoms with E-state index in [0.29, 0.717) is 0 Å². The Morgan fingerprint density at radius 2 is 2.24 bits per heavy atom. The van der Waals surface area contributed by atoms with Crippen LogP contribution in [0.4, 0.5) is 0 Å². The molecule has 0 fully saturated rings. The second-order valence-electron chi connectivity index (χ2n) is 3.99. The molecule has 0 aliphatic rings. The Morgan fingerprint density at radius 3 is 2.82 bits per heavy atom. The van der Waals surface area contributed by atoms with Crippen LogP contribution < -0.4 is 5.32 Å². The maximum absolute atomic E-state index is 6.03. The van der Waals surface area contributed by atoms with Crippen LogP contribution in [-0.4, -0.2) is 16.3 Å². The Labute approximate surface area is 106 Å². The first-order valence-corrected chi connectivity index (χ1v) is 6.06. The lowest BCUT2D eigenvalue weighted by atomic mass is 10.0. The van der Waals surface area contributed by atoms with Gasteiger partial charge in [0.2, 0.25) is 0 Å². The predicted octanol–water partition coefficient (Wildman–Crippen LogP) is 2.77. The molecule has 0 saturated heterocycles. The van der Waals surface area contributed by atoms with Crippen molar-refractivity contribution in [3.8, 4) is 0 Å². The molecule has 1 aromatic heterocycles. The molecule has 3 nitrogen and oxygen atoms in total. The van der Waals surface area contributed by atoms with Gasteiger partial charge in [0.25, 0.3) is 0 Å². The molecule has 1 unspecified atom stereocenters. The standard InChI is InChI=1S/C13H16ClN3/c1-3-15-13(11-8-16-17(2)9-11)10-5-4-6-12(14)7-10/h4-9,13,15H,3H2,1-2H3. The molecule has 0 aliphatic heterocycles. The van der Waals surface area contributed by atoms with Crippen LogP contribution in [0.25, 0.3) is 0 Å². The van der Waals surface area contributed by atoms with Gasteiger partial charge in [-0.3, -0.25) is 4.68 Å². The fraction of sp³-hybridized carbons (Fsp3) is 0.308. The van der Waals surface area contributed by atoms with Crippen molar-refractivity contribution in [1.82, 2.24) is 15.1 Å². The Kier molecular flexibility index (Phi) is 3.82. The minimum Gasteiger partial charge on any atom is -0.306 e. The number of rotatable bonds is 4. The summed E-state index contributed by atoms with van der Waals surface area (Å²) in [4.78, 5) is 0. The maximum atomic E-state index is 6.03. The average Bonchev–Trinajstić information content (AvgIpc) is 2.72. The first kappa shape index (κ1) is 12.1. The van der Waals surface area contributed by atoms with Gasteiger partial charge in [-0.25, -0.2) is 0 Å². The molecule has 1 atom stereocenters. The van der Waals surface area contributed by atoms with Crippen LogP contribution in [0.2, 0.25) is 5.02 Å². The monoisotopic (exact) mass is 249 g/mol. The van der Waals surface area contributed by atoms with Crippen molar-refractivity contribution in [2.24, 2.45) is 7.05 Å². The fourth-order valence-electron chi connectivity index (χ4n) is 1.91. The van der Waals surface area contributed by atoms with Crippen molar-refractivity contribution in [3.05, 3.63) is 52.8 Å². The molecule has 0 radical (unpaired) electrons. The summed E-state index contributed by atoms with van der Waals surface area (Å²) in [5.74, 6) is 0. The van der Waals surface area contributed by atoms with Crippen molar-refractivity contribution in [1.29, 1.82) is 0 Å². The van der Waals surface area contributed by atoms with Crippen LogP contribution in [0, 0.1) is 0 Å². The van der Waals surface area contributed by atoms with Gasteiger partial charge in [0.15, 0.2) is 0 Å². The summed E-state index contributed by atoms with van der Waals surface area (Å²) in [6.07, 6.45) is 3.91. The molecule has 0 spiro atoms. The van der Waals surface area contributed by atoms with Crippen LogP contribution in [0.1, 0.15) is 24.1 Å². The van der Waals surface area contributed by atoms with Crippen LogP contribution in [0.5, 0.6) is 0 Å². The van der Waals surface area contributed by atoms with E-state index in [1.165, 1.54) is 0 Å². The van der Waals surface area contributed by atoms with Crippen molar-refractivity contribution in [3.63, 3.8) is 0 Å². The summed E-state index contributed by atoms with van der Waals surface area (Å²) >= 11 is 6.03. The highest BCUT2D eigenvalue weighted by Crippen LogP contribution is 2.23. The highest BCUT2D eigenvalue weighted by molar-refractivity contribution is 6.30. The Balaban J connectivity index is 2.35. The molecule has 17 heavy (non-hydrogen) atoms. The highest BCUT2D eigenvalue weighted by atomic mass is 35.5. The maximum Gasteiger partial charge on any atom is 0.0608 e. The van der Waals surface area contributed by atoms with E-state index in [1.54, 1.807) is 0 Å². The van der Waals surface area contributed by atoms with E-state index >= 15 is 0 Å². The van der Waals surface area contributed by atoms with Gasteiger partial charge >= 0.3 is 0 Å². The summed E-state index contributed by atoms with van der Waals surface area (Å²) in [5, 5.41) is 8.41. The Hall–Kier alpha value is -1.32. The first-order valence-electron chi connectivity index (χ1n) is 5.68. The third-order valence-electron chi connectivity index (χ3n) is 2.65. The lowest BCUT2D eigenvalue weighted by Gasteiger charge is -2.17. The number of hydrogen-bond donors (Lipinski definition) is 1.